The normalized spacial score (nSPS) is 25.6. The molecule has 3 rings (SSSR count). The number of nitrogens with zero attached hydrogens (tertiary/aromatic N) is 1. The van der Waals surface area contributed by atoms with Crippen molar-refractivity contribution in [1.29, 1.82) is 0 Å². The molecule has 1 aliphatic carbocycles. The van der Waals surface area contributed by atoms with Gasteiger partial charge in [0.2, 0.25) is 0 Å². The van der Waals surface area contributed by atoms with Gasteiger partial charge in [-0.25, -0.2) is 0 Å². The Balaban J connectivity index is 1.56. The predicted octanol–water partition coefficient (Wildman–Crippen LogP) is 2.88. The van der Waals surface area contributed by atoms with E-state index in [-0.39, 0.29) is 23.0 Å². The van der Waals surface area contributed by atoms with Crippen LogP contribution in [0.1, 0.15) is 25.7 Å². The Morgan fingerprint density at radius 1 is 1.33 bits per heavy atom. The van der Waals surface area contributed by atoms with Crippen molar-refractivity contribution in [2.75, 3.05) is 25.1 Å². The third kappa shape index (κ3) is 5.04. The molecule has 2 unspecified atom stereocenters. The van der Waals surface area contributed by atoms with Crippen LogP contribution in [0.5, 0.6) is 5.75 Å². The third-order valence-corrected chi connectivity index (χ3v) is 5.41. The van der Waals surface area contributed by atoms with Crippen LogP contribution in [0, 0.1) is 11.3 Å². The lowest BCUT2D eigenvalue weighted by molar-refractivity contribution is -0.274. The van der Waals surface area contributed by atoms with Gasteiger partial charge in [0.05, 0.1) is 6.10 Å². The van der Waals surface area contributed by atoms with Gasteiger partial charge in [0.1, 0.15) is 5.75 Å². The van der Waals surface area contributed by atoms with E-state index in [1.165, 1.54) is 18.2 Å². The molecule has 2 fully saturated rings. The highest BCUT2D eigenvalue weighted by atomic mass is 19.4. The maximum absolute atomic E-state index is 12.3. The average molecular weight is 387 g/mol. The summed E-state index contributed by atoms with van der Waals surface area (Å²) in [7, 11) is 0. The average Bonchev–Trinajstić information content (AvgIpc) is 2.89. The van der Waals surface area contributed by atoms with Gasteiger partial charge in [-0.2, -0.15) is 0 Å². The Morgan fingerprint density at radius 3 is 2.78 bits per heavy atom. The summed E-state index contributed by atoms with van der Waals surface area (Å²) < 4.78 is 46.2. The van der Waals surface area contributed by atoms with Crippen LogP contribution in [0.3, 0.4) is 0 Å². The second-order valence-corrected chi connectivity index (χ2v) is 7.14. The first-order valence-corrected chi connectivity index (χ1v) is 8.96. The second kappa shape index (κ2) is 7.93. The van der Waals surface area contributed by atoms with Gasteiger partial charge < -0.3 is 25.6 Å². The van der Waals surface area contributed by atoms with Gasteiger partial charge in [-0.1, -0.05) is 6.07 Å². The highest BCUT2D eigenvalue weighted by Gasteiger charge is 2.47. The molecule has 1 heterocycles. The van der Waals surface area contributed by atoms with Crippen LogP contribution in [0.4, 0.5) is 18.9 Å². The summed E-state index contributed by atoms with van der Waals surface area (Å²) in [6.45, 7) is 1.71. The van der Waals surface area contributed by atoms with Crippen LogP contribution in [-0.4, -0.2) is 43.3 Å². The van der Waals surface area contributed by atoms with Crippen LogP contribution in [0.2, 0.25) is 0 Å². The lowest BCUT2D eigenvalue weighted by Gasteiger charge is -2.37. The van der Waals surface area contributed by atoms with E-state index in [2.05, 4.69) is 15.0 Å². The van der Waals surface area contributed by atoms with Gasteiger partial charge in [-0.3, -0.25) is 4.99 Å². The summed E-state index contributed by atoms with van der Waals surface area (Å²) in [4.78, 5) is 4.26. The fraction of sp³-hybridized carbons (Fsp3) is 0.611. The predicted molar refractivity (Wildman–Crippen MR) is 94.5 cm³/mol. The van der Waals surface area contributed by atoms with Crippen molar-refractivity contribution in [1.82, 2.24) is 0 Å². The van der Waals surface area contributed by atoms with Gasteiger partial charge >= 0.3 is 6.36 Å². The molecular formula is C18H24F3N3O3. The first-order chi connectivity index (χ1) is 12.8. The molecule has 0 bridgehead atoms. The van der Waals surface area contributed by atoms with Crippen molar-refractivity contribution in [3.8, 4) is 5.75 Å². The number of aliphatic imine (C=N–C) groups is 1. The van der Waals surface area contributed by atoms with Crippen LogP contribution < -0.4 is 15.8 Å². The fourth-order valence-corrected chi connectivity index (χ4v) is 3.97. The number of hydrogen-bond acceptors (Lipinski definition) is 4. The molecule has 9 heteroatoms. The minimum absolute atomic E-state index is 0.0170. The number of guanidine groups is 1. The lowest BCUT2D eigenvalue weighted by atomic mass is 9.76. The number of anilines is 1. The molecule has 0 aromatic heterocycles. The number of aliphatic hydroxyl groups is 1. The van der Waals surface area contributed by atoms with Crippen LogP contribution in [0.25, 0.3) is 0 Å². The molecule has 1 aromatic rings. The van der Waals surface area contributed by atoms with Crippen LogP contribution >= 0.6 is 0 Å². The molecule has 150 valence electrons. The first kappa shape index (κ1) is 19.8. The van der Waals surface area contributed by atoms with Crippen molar-refractivity contribution in [2.45, 2.75) is 38.1 Å². The lowest BCUT2D eigenvalue weighted by Crippen LogP contribution is -2.39. The zero-order chi connectivity index (χ0) is 19.5. The third-order valence-electron chi connectivity index (χ3n) is 5.41. The fourth-order valence-electron chi connectivity index (χ4n) is 3.97. The number of nitrogens with one attached hydrogen (secondary N) is 1. The quantitative estimate of drug-likeness (QED) is 0.546. The number of nitrogens with two attached hydrogens (primary N) is 1. The van der Waals surface area contributed by atoms with E-state index in [9.17, 15) is 18.3 Å². The molecule has 1 saturated heterocycles. The van der Waals surface area contributed by atoms with Gasteiger partial charge in [0.25, 0.3) is 0 Å². The van der Waals surface area contributed by atoms with E-state index in [4.69, 9.17) is 10.5 Å². The molecule has 1 aromatic carbocycles. The van der Waals surface area contributed by atoms with E-state index in [0.717, 1.165) is 25.7 Å². The molecule has 1 aliphatic heterocycles. The number of benzene rings is 1. The monoisotopic (exact) mass is 387 g/mol. The van der Waals surface area contributed by atoms with Crippen molar-refractivity contribution >= 4 is 11.6 Å². The number of alkyl halides is 3. The molecule has 2 aliphatic rings. The largest absolute Gasteiger partial charge is 0.573 e. The van der Waals surface area contributed by atoms with E-state index < -0.39 is 12.5 Å². The maximum atomic E-state index is 12.3. The van der Waals surface area contributed by atoms with Gasteiger partial charge in [-0.15, -0.1) is 13.2 Å². The zero-order valence-corrected chi connectivity index (χ0v) is 14.8. The molecular weight excluding hydrogens is 363 g/mol. The zero-order valence-electron chi connectivity index (χ0n) is 14.8. The van der Waals surface area contributed by atoms with Crippen molar-refractivity contribution in [3.05, 3.63) is 24.3 Å². The van der Waals surface area contributed by atoms with Crippen LogP contribution in [-0.2, 0) is 4.74 Å². The Morgan fingerprint density at radius 2 is 2.07 bits per heavy atom. The summed E-state index contributed by atoms with van der Waals surface area (Å²) in [5.74, 6) is -0.240. The van der Waals surface area contributed by atoms with E-state index >= 15 is 0 Å². The highest BCUT2D eigenvalue weighted by Crippen LogP contribution is 2.48. The molecule has 1 spiro atoms. The molecule has 0 radical (unpaired) electrons. The molecule has 2 atom stereocenters. The minimum atomic E-state index is -4.75. The summed E-state index contributed by atoms with van der Waals surface area (Å²) in [6, 6.07) is 5.38. The molecule has 1 saturated carbocycles. The van der Waals surface area contributed by atoms with Crippen molar-refractivity contribution < 1.29 is 27.8 Å². The topological polar surface area (TPSA) is 89.1 Å². The Bertz CT molecular complexity index is 675. The van der Waals surface area contributed by atoms with E-state index in [1.54, 1.807) is 6.07 Å². The molecule has 6 nitrogen and oxygen atoms in total. The van der Waals surface area contributed by atoms with Gasteiger partial charge in [0, 0.05) is 42.8 Å². The summed E-state index contributed by atoms with van der Waals surface area (Å²) in [5, 5.41) is 13.5. The number of rotatable bonds is 4. The molecule has 4 N–H and O–H groups in total. The molecule has 0 amide bonds. The van der Waals surface area contributed by atoms with E-state index in [0.29, 0.717) is 25.4 Å². The number of ether oxygens (including phenoxy) is 2. The van der Waals surface area contributed by atoms with Crippen LogP contribution in [0.15, 0.2) is 29.3 Å². The maximum Gasteiger partial charge on any atom is 0.573 e. The number of halogens is 3. The SMILES string of the molecule is NC(=NCC1CCC2(CCOCC2)C1O)Nc1cccc(OC(F)(F)F)c1. The second-order valence-electron chi connectivity index (χ2n) is 7.14. The van der Waals surface area contributed by atoms with E-state index in [1.807, 2.05) is 0 Å². The van der Waals surface area contributed by atoms with Crippen molar-refractivity contribution in [2.24, 2.45) is 22.1 Å². The summed E-state index contributed by atoms with van der Waals surface area (Å²) >= 11 is 0. The smallest absolute Gasteiger partial charge is 0.406 e. The van der Waals surface area contributed by atoms with Gasteiger partial charge in [-0.05, 0) is 37.8 Å². The summed E-state index contributed by atoms with van der Waals surface area (Å²) in [5.41, 5.74) is 6.11. The standard InChI is InChI=1S/C18H24F3N3O3/c19-18(20,21)27-14-3-1-2-13(10-14)24-16(22)23-11-12-4-5-17(15(12)25)6-8-26-9-7-17/h1-3,10,12,15,25H,4-9,11H2,(H3,22,23,24). The summed E-state index contributed by atoms with van der Waals surface area (Å²) in [6.07, 6.45) is -1.67. The number of hydrogen-bond donors (Lipinski definition) is 3. The highest BCUT2D eigenvalue weighted by molar-refractivity contribution is 5.92. The Hall–Kier alpha value is -2.00. The van der Waals surface area contributed by atoms with Gasteiger partial charge in [0.15, 0.2) is 5.96 Å². The first-order valence-electron chi connectivity index (χ1n) is 8.96. The van der Waals surface area contributed by atoms with Crippen molar-refractivity contribution in [3.63, 3.8) is 0 Å². The molecule has 27 heavy (non-hydrogen) atoms. The Labute approximate surface area is 155 Å². The Kier molecular flexibility index (Phi) is 5.81. The number of aliphatic hydroxyl groups excluding tert-OH is 1. The minimum Gasteiger partial charge on any atom is -0.406 e.